The lowest BCUT2D eigenvalue weighted by Crippen LogP contribution is -2.29. The van der Waals surface area contributed by atoms with E-state index in [0.717, 1.165) is 18.4 Å². The molecule has 2 atom stereocenters. The maximum atomic E-state index is 12.8. The van der Waals surface area contributed by atoms with E-state index in [1.54, 1.807) is 0 Å². The molecule has 2 unspecified atom stereocenters. The molecule has 0 saturated heterocycles. The molecule has 0 radical (unpaired) electrons. The summed E-state index contributed by atoms with van der Waals surface area (Å²) in [6, 6.07) is 7.40. The Morgan fingerprint density at radius 1 is 1.38 bits per heavy atom. The Morgan fingerprint density at radius 2 is 2.00 bits per heavy atom. The minimum atomic E-state index is -0.183. The van der Waals surface area contributed by atoms with Crippen molar-refractivity contribution in [3.63, 3.8) is 0 Å². The van der Waals surface area contributed by atoms with Gasteiger partial charge in [0.2, 0.25) is 0 Å². The average Bonchev–Trinajstić information content (AvgIpc) is 2.27. The largest absolute Gasteiger partial charge is 0.307 e. The second kappa shape index (κ2) is 6.44. The van der Waals surface area contributed by atoms with Crippen LogP contribution in [0.4, 0.5) is 4.39 Å². The van der Waals surface area contributed by atoms with Gasteiger partial charge < -0.3 is 5.32 Å². The molecule has 0 bridgehead atoms. The second-order valence-corrected chi connectivity index (χ2v) is 4.10. The van der Waals surface area contributed by atoms with E-state index in [1.165, 1.54) is 12.1 Å². The standard InChI is InChI=1S/C14H20FN/c1-4-6-11(3)16-14(5-2)12-7-9-13(15)10-8-12/h4,7-11,14,16H,1,5-6H2,2-3H3. The van der Waals surface area contributed by atoms with Gasteiger partial charge >= 0.3 is 0 Å². The summed E-state index contributed by atoms with van der Waals surface area (Å²) < 4.78 is 12.8. The highest BCUT2D eigenvalue weighted by Gasteiger charge is 2.11. The summed E-state index contributed by atoms with van der Waals surface area (Å²) in [7, 11) is 0. The van der Waals surface area contributed by atoms with Crippen LogP contribution in [-0.2, 0) is 0 Å². The van der Waals surface area contributed by atoms with E-state index in [-0.39, 0.29) is 11.9 Å². The van der Waals surface area contributed by atoms with Crippen molar-refractivity contribution in [2.75, 3.05) is 0 Å². The van der Waals surface area contributed by atoms with Gasteiger partial charge in [-0.3, -0.25) is 0 Å². The predicted molar refractivity (Wildman–Crippen MR) is 66.8 cm³/mol. The summed E-state index contributed by atoms with van der Waals surface area (Å²) in [5, 5.41) is 3.51. The van der Waals surface area contributed by atoms with Gasteiger partial charge in [0.25, 0.3) is 0 Å². The first-order valence-electron chi connectivity index (χ1n) is 5.79. The molecule has 0 spiro atoms. The predicted octanol–water partition coefficient (Wildman–Crippen LogP) is 3.83. The first-order valence-corrected chi connectivity index (χ1v) is 5.79. The van der Waals surface area contributed by atoms with Crippen LogP contribution in [0.25, 0.3) is 0 Å². The molecule has 0 amide bonds. The molecule has 0 aliphatic carbocycles. The van der Waals surface area contributed by atoms with Crippen molar-refractivity contribution in [3.8, 4) is 0 Å². The molecule has 0 fully saturated rings. The van der Waals surface area contributed by atoms with Crippen molar-refractivity contribution in [2.24, 2.45) is 0 Å². The SMILES string of the molecule is C=CCC(C)NC(CC)c1ccc(F)cc1. The maximum absolute atomic E-state index is 12.8. The minimum Gasteiger partial charge on any atom is -0.307 e. The molecule has 88 valence electrons. The fourth-order valence-electron chi connectivity index (χ4n) is 1.81. The van der Waals surface area contributed by atoms with Gasteiger partial charge in [0.05, 0.1) is 0 Å². The van der Waals surface area contributed by atoms with Crippen LogP contribution in [0, 0.1) is 5.82 Å². The molecule has 0 saturated carbocycles. The highest BCUT2D eigenvalue weighted by molar-refractivity contribution is 5.19. The smallest absolute Gasteiger partial charge is 0.123 e. The molecule has 0 heterocycles. The Hall–Kier alpha value is -1.15. The summed E-state index contributed by atoms with van der Waals surface area (Å²) in [5.41, 5.74) is 1.14. The quantitative estimate of drug-likeness (QED) is 0.720. The van der Waals surface area contributed by atoms with Gasteiger partial charge in [0.1, 0.15) is 5.82 Å². The van der Waals surface area contributed by atoms with Gasteiger partial charge in [-0.2, -0.15) is 0 Å². The highest BCUT2D eigenvalue weighted by Crippen LogP contribution is 2.18. The number of hydrogen-bond acceptors (Lipinski definition) is 1. The van der Waals surface area contributed by atoms with Crippen LogP contribution in [0.1, 0.15) is 38.3 Å². The molecular weight excluding hydrogens is 201 g/mol. The molecule has 0 aliphatic rings. The molecule has 1 aromatic rings. The van der Waals surface area contributed by atoms with Gasteiger partial charge in [-0.15, -0.1) is 6.58 Å². The summed E-state index contributed by atoms with van der Waals surface area (Å²) in [6.45, 7) is 7.99. The monoisotopic (exact) mass is 221 g/mol. The molecule has 1 rings (SSSR count). The third kappa shape index (κ3) is 3.78. The molecule has 16 heavy (non-hydrogen) atoms. The van der Waals surface area contributed by atoms with E-state index in [2.05, 4.69) is 25.7 Å². The zero-order valence-corrected chi connectivity index (χ0v) is 10.0. The minimum absolute atomic E-state index is 0.183. The Morgan fingerprint density at radius 3 is 2.50 bits per heavy atom. The fourth-order valence-corrected chi connectivity index (χ4v) is 1.81. The normalized spacial score (nSPS) is 14.4. The van der Waals surface area contributed by atoms with Gasteiger partial charge in [-0.1, -0.05) is 25.1 Å². The lowest BCUT2D eigenvalue weighted by molar-refractivity contribution is 0.447. The number of halogens is 1. The van der Waals surface area contributed by atoms with Crippen molar-refractivity contribution in [1.82, 2.24) is 5.32 Å². The Balaban J connectivity index is 2.66. The summed E-state index contributed by atoms with van der Waals surface area (Å²) in [5.74, 6) is -0.183. The molecule has 1 N–H and O–H groups in total. The van der Waals surface area contributed by atoms with Crippen LogP contribution < -0.4 is 5.32 Å². The molecule has 2 heteroatoms. The third-order valence-electron chi connectivity index (χ3n) is 2.69. The van der Waals surface area contributed by atoms with Gasteiger partial charge in [-0.25, -0.2) is 4.39 Å². The van der Waals surface area contributed by atoms with E-state index < -0.39 is 0 Å². The number of hydrogen-bond donors (Lipinski definition) is 1. The van der Waals surface area contributed by atoms with Crippen LogP contribution in [0.15, 0.2) is 36.9 Å². The molecule has 0 aromatic heterocycles. The van der Waals surface area contributed by atoms with E-state index in [1.807, 2.05) is 18.2 Å². The van der Waals surface area contributed by atoms with Gasteiger partial charge in [-0.05, 0) is 37.5 Å². The van der Waals surface area contributed by atoms with Crippen molar-refractivity contribution < 1.29 is 4.39 Å². The zero-order chi connectivity index (χ0) is 12.0. The molecular formula is C14H20FN. The first-order chi connectivity index (χ1) is 7.67. The van der Waals surface area contributed by atoms with Crippen LogP contribution in [0.2, 0.25) is 0 Å². The fraction of sp³-hybridized carbons (Fsp3) is 0.429. The van der Waals surface area contributed by atoms with Crippen molar-refractivity contribution in [3.05, 3.63) is 48.3 Å². The Labute approximate surface area is 97.4 Å². The van der Waals surface area contributed by atoms with E-state index in [4.69, 9.17) is 0 Å². The van der Waals surface area contributed by atoms with E-state index in [0.29, 0.717) is 6.04 Å². The van der Waals surface area contributed by atoms with Crippen molar-refractivity contribution >= 4 is 0 Å². The van der Waals surface area contributed by atoms with E-state index in [9.17, 15) is 4.39 Å². The first kappa shape index (κ1) is 12.9. The zero-order valence-electron chi connectivity index (χ0n) is 10.0. The summed E-state index contributed by atoms with van der Waals surface area (Å²) >= 11 is 0. The number of nitrogens with one attached hydrogen (secondary N) is 1. The topological polar surface area (TPSA) is 12.0 Å². The van der Waals surface area contributed by atoms with Crippen molar-refractivity contribution in [1.29, 1.82) is 0 Å². The maximum Gasteiger partial charge on any atom is 0.123 e. The van der Waals surface area contributed by atoms with Crippen LogP contribution >= 0.6 is 0 Å². The van der Waals surface area contributed by atoms with Gasteiger partial charge in [0, 0.05) is 12.1 Å². The highest BCUT2D eigenvalue weighted by atomic mass is 19.1. The average molecular weight is 221 g/mol. The lowest BCUT2D eigenvalue weighted by Gasteiger charge is -2.22. The summed E-state index contributed by atoms with van der Waals surface area (Å²) in [6.07, 6.45) is 3.85. The van der Waals surface area contributed by atoms with Crippen molar-refractivity contribution in [2.45, 2.75) is 38.8 Å². The van der Waals surface area contributed by atoms with Crippen LogP contribution in [0.3, 0.4) is 0 Å². The van der Waals surface area contributed by atoms with Crippen LogP contribution in [0.5, 0.6) is 0 Å². The second-order valence-electron chi connectivity index (χ2n) is 4.10. The Kier molecular flexibility index (Phi) is 5.20. The molecule has 1 aromatic carbocycles. The third-order valence-corrected chi connectivity index (χ3v) is 2.69. The lowest BCUT2D eigenvalue weighted by atomic mass is 10.0. The van der Waals surface area contributed by atoms with Crippen LogP contribution in [-0.4, -0.2) is 6.04 Å². The summed E-state index contributed by atoms with van der Waals surface area (Å²) in [4.78, 5) is 0. The molecule has 0 aliphatic heterocycles. The molecule has 1 nitrogen and oxygen atoms in total. The van der Waals surface area contributed by atoms with E-state index >= 15 is 0 Å². The van der Waals surface area contributed by atoms with Gasteiger partial charge in [0.15, 0.2) is 0 Å². The number of rotatable bonds is 6. The number of benzene rings is 1. The Bertz CT molecular complexity index is 318.